The van der Waals surface area contributed by atoms with Gasteiger partial charge in [0.15, 0.2) is 0 Å². The van der Waals surface area contributed by atoms with E-state index in [1.54, 1.807) is 0 Å². The Hall–Kier alpha value is 1.18. The first-order valence-corrected chi connectivity index (χ1v) is 9.13. The van der Waals surface area contributed by atoms with Gasteiger partial charge in [0.1, 0.15) is 0 Å². The zero-order valence-corrected chi connectivity index (χ0v) is 14.0. The van der Waals surface area contributed by atoms with E-state index in [2.05, 4.69) is 79.9 Å². The zero-order valence-electron chi connectivity index (χ0n) is 9.83. The van der Waals surface area contributed by atoms with Gasteiger partial charge in [0.2, 0.25) is 0 Å². The quantitative estimate of drug-likeness (QED) is 0.451. The fraction of sp³-hybridized carbons (Fsp3) is 1.00. The molecule has 3 heteroatoms. The van der Waals surface area contributed by atoms with Gasteiger partial charge in [0.05, 0.1) is 11.4 Å². The highest BCUT2D eigenvalue weighted by molar-refractivity contribution is 9.25. The topological polar surface area (TPSA) is 0 Å². The Morgan fingerprint density at radius 3 is 1.08 bits per heavy atom. The maximum Gasteiger partial charge on any atom is 0.0896 e. The van der Waals surface area contributed by atoms with Crippen LogP contribution in [0.5, 0.6) is 0 Å². The fourth-order valence-electron chi connectivity index (χ4n) is 1.78. The van der Waals surface area contributed by atoms with Gasteiger partial charge in [-0.15, -0.1) is 0 Å². The van der Waals surface area contributed by atoms with Crippen LogP contribution in [0.2, 0.25) is 16.6 Å². The minimum atomic E-state index is -1.40. The molecule has 0 heterocycles. The summed E-state index contributed by atoms with van der Waals surface area (Å²) in [5, 5.41) is 0.811. The highest BCUT2D eigenvalue weighted by Crippen LogP contribution is 2.55. The first-order chi connectivity index (χ1) is 5.44. The van der Waals surface area contributed by atoms with E-state index in [1.807, 2.05) is 0 Å². The molecule has 0 aromatic heterocycles. The molecule has 0 nitrogen and oxygen atoms in total. The molecule has 0 fully saturated rings. The van der Waals surface area contributed by atoms with Crippen molar-refractivity contribution in [2.75, 3.05) is 0 Å². The fourth-order valence-corrected chi connectivity index (χ4v) is 13.6. The van der Waals surface area contributed by atoms with E-state index in [9.17, 15) is 0 Å². The van der Waals surface area contributed by atoms with E-state index in [1.165, 1.54) is 0 Å². The van der Waals surface area contributed by atoms with Crippen molar-refractivity contribution in [2.45, 2.75) is 61.5 Å². The van der Waals surface area contributed by atoms with Crippen LogP contribution >= 0.6 is 31.9 Å². The molecule has 0 N–H and O–H groups in total. The predicted molar refractivity (Wildman–Crippen MR) is 72.7 cm³/mol. The number of halogens is 2. The van der Waals surface area contributed by atoms with E-state index in [0.717, 1.165) is 0 Å². The van der Waals surface area contributed by atoms with Gasteiger partial charge < -0.3 is 0 Å². The molecule has 0 aliphatic heterocycles. The lowest BCUT2D eigenvalue weighted by atomic mass is 10.2. The molecule has 0 spiro atoms. The number of alkyl halides is 2. The maximum atomic E-state index is 3.75. The van der Waals surface area contributed by atoms with Gasteiger partial charge in [-0.3, -0.25) is 0 Å². The van der Waals surface area contributed by atoms with Crippen molar-refractivity contribution >= 4 is 39.9 Å². The Balaban J connectivity index is 5.22. The van der Waals surface area contributed by atoms with Crippen LogP contribution in [0, 0.1) is 0 Å². The second-order valence-corrected chi connectivity index (χ2v) is 16.7. The Morgan fingerprint density at radius 1 is 0.846 bits per heavy atom. The summed E-state index contributed by atoms with van der Waals surface area (Å²) >= 11 is 7.49. The van der Waals surface area contributed by atoms with Crippen LogP contribution in [0.3, 0.4) is 0 Å². The smallest absolute Gasteiger partial charge is 0.0802 e. The van der Waals surface area contributed by atoms with E-state index in [-0.39, 0.29) is 0 Å². The Morgan fingerprint density at radius 2 is 1.08 bits per heavy atom. The van der Waals surface area contributed by atoms with E-state index >= 15 is 0 Å². The van der Waals surface area contributed by atoms with Crippen LogP contribution < -0.4 is 0 Å². The van der Waals surface area contributed by atoms with Crippen molar-refractivity contribution in [3.05, 3.63) is 0 Å². The van der Waals surface area contributed by atoms with Gasteiger partial charge in [0.25, 0.3) is 0 Å². The second kappa shape index (κ2) is 3.97. The minimum absolute atomic E-state index is 0.406. The van der Waals surface area contributed by atoms with Gasteiger partial charge in [-0.2, -0.15) is 0 Å². The molecule has 0 aromatic carbocycles. The summed E-state index contributed by atoms with van der Waals surface area (Å²) in [6, 6.07) is 0. The summed E-state index contributed by atoms with van der Waals surface area (Å²) in [5.74, 6) is 0. The van der Waals surface area contributed by atoms with Crippen LogP contribution in [-0.2, 0) is 0 Å². The summed E-state index contributed by atoms with van der Waals surface area (Å²) in [7, 11) is -1.40. The molecule has 0 radical (unpaired) electrons. The number of hydrogen-bond donors (Lipinski definition) is 0. The maximum absolute atomic E-state index is 3.75. The average Bonchev–Trinajstić information content (AvgIpc) is 1.80. The third-order valence-electron chi connectivity index (χ3n) is 3.55. The molecule has 0 aliphatic carbocycles. The van der Waals surface area contributed by atoms with E-state index < -0.39 is 8.07 Å². The highest BCUT2D eigenvalue weighted by Gasteiger charge is 2.52. The summed E-state index contributed by atoms with van der Waals surface area (Å²) in [4.78, 5) is 0. The lowest BCUT2D eigenvalue weighted by Gasteiger charge is -2.51. The van der Waals surface area contributed by atoms with E-state index in [0.29, 0.717) is 13.4 Å². The van der Waals surface area contributed by atoms with Crippen LogP contribution in [0.4, 0.5) is 0 Å². The Kier molecular flexibility index (Phi) is 4.33. The van der Waals surface area contributed by atoms with Crippen molar-refractivity contribution in [2.24, 2.45) is 0 Å². The van der Waals surface area contributed by atoms with Crippen molar-refractivity contribution in [3.8, 4) is 0 Å². The SMILES string of the molecule is CC(C)(C)[Si](C)(C(Br)Br)C(C)(C)C. The molecule has 0 unspecified atom stereocenters. The molecule has 0 saturated carbocycles. The van der Waals surface area contributed by atoms with Gasteiger partial charge in [0, 0.05) is 0 Å². The average molecular weight is 330 g/mol. The largest absolute Gasteiger partial charge is 0.0896 e. The Bertz CT molecular complexity index is 160. The number of rotatable bonds is 1. The first kappa shape index (κ1) is 14.2. The zero-order chi connectivity index (χ0) is 11.1. The minimum Gasteiger partial charge on any atom is -0.0802 e. The molecule has 0 rings (SSSR count). The van der Waals surface area contributed by atoms with Crippen molar-refractivity contribution in [1.29, 1.82) is 0 Å². The van der Waals surface area contributed by atoms with Crippen LogP contribution in [-0.4, -0.2) is 11.4 Å². The number of hydrogen-bond acceptors (Lipinski definition) is 0. The standard InChI is InChI=1S/C10H22Br2Si/c1-9(2,3)13(7,8(11)12)10(4,5)6/h8H,1-7H3. The molecule has 80 valence electrons. The van der Waals surface area contributed by atoms with Crippen LogP contribution in [0.15, 0.2) is 0 Å². The van der Waals surface area contributed by atoms with Crippen LogP contribution in [0.25, 0.3) is 0 Å². The summed E-state index contributed by atoms with van der Waals surface area (Å²) in [6.07, 6.45) is 0. The molecule has 0 amide bonds. The monoisotopic (exact) mass is 328 g/mol. The second-order valence-electron chi connectivity index (χ2n) is 6.00. The lowest BCUT2D eigenvalue weighted by molar-refractivity contribution is 0.619. The lowest BCUT2D eigenvalue weighted by Crippen LogP contribution is -2.54. The van der Waals surface area contributed by atoms with Crippen LogP contribution in [0.1, 0.15) is 41.5 Å². The summed E-state index contributed by atoms with van der Waals surface area (Å²) in [5.41, 5.74) is 0. The molecular formula is C10H22Br2Si. The molecule has 13 heavy (non-hydrogen) atoms. The third-order valence-corrected chi connectivity index (χ3v) is 16.2. The molecule has 0 atom stereocenters. The molecule has 0 saturated heterocycles. The summed E-state index contributed by atoms with van der Waals surface area (Å²) in [6.45, 7) is 16.6. The van der Waals surface area contributed by atoms with Crippen molar-refractivity contribution < 1.29 is 0 Å². The van der Waals surface area contributed by atoms with Gasteiger partial charge in [-0.05, 0) is 10.1 Å². The van der Waals surface area contributed by atoms with Crippen molar-refractivity contribution in [3.63, 3.8) is 0 Å². The van der Waals surface area contributed by atoms with Crippen molar-refractivity contribution in [1.82, 2.24) is 0 Å². The van der Waals surface area contributed by atoms with Gasteiger partial charge in [-0.25, -0.2) is 0 Å². The summed E-state index contributed by atoms with van der Waals surface area (Å²) < 4.78 is 0.479. The highest BCUT2D eigenvalue weighted by atomic mass is 79.9. The van der Waals surface area contributed by atoms with Gasteiger partial charge in [-0.1, -0.05) is 79.9 Å². The molecule has 0 aliphatic rings. The van der Waals surface area contributed by atoms with E-state index in [4.69, 9.17) is 0 Å². The molecule has 0 aromatic rings. The predicted octanol–water partition coefficient (Wildman–Crippen LogP) is 5.32. The molecular weight excluding hydrogens is 308 g/mol. The Labute approximate surface area is 101 Å². The van der Waals surface area contributed by atoms with Gasteiger partial charge >= 0.3 is 0 Å². The first-order valence-electron chi connectivity index (χ1n) is 4.73. The molecule has 0 bridgehead atoms. The third kappa shape index (κ3) is 2.60. The normalized spacial score (nSPS) is 15.2.